The van der Waals surface area contributed by atoms with E-state index in [0.717, 1.165) is 0 Å². The summed E-state index contributed by atoms with van der Waals surface area (Å²) < 4.78 is 106. The number of pyridine rings is 1. The molecule has 0 atom stereocenters. The van der Waals surface area contributed by atoms with E-state index in [1.165, 1.54) is 13.8 Å². The van der Waals surface area contributed by atoms with E-state index >= 15 is 0 Å². The molecule has 0 amide bonds. The third kappa shape index (κ3) is 1.80. The predicted octanol–water partition coefficient (Wildman–Crippen LogP) is 5.80. The maximum atomic E-state index is 8.99. The van der Waals surface area contributed by atoms with Gasteiger partial charge in [-0.3, -0.25) is 0 Å². The Morgan fingerprint density at radius 3 is 2.64 bits per heavy atom. The highest BCUT2D eigenvalue weighted by Gasteiger charge is 2.34. The minimum Gasteiger partial charge on any atom is -0.222 e. The van der Waals surface area contributed by atoms with Gasteiger partial charge in [0.05, 0.1) is 17.7 Å². The second-order valence-electron chi connectivity index (χ2n) is 7.26. The van der Waals surface area contributed by atoms with Gasteiger partial charge < -0.3 is 0 Å². The fourth-order valence-electron chi connectivity index (χ4n) is 4.42. The molecule has 2 nitrogen and oxygen atoms in total. The van der Waals surface area contributed by atoms with Gasteiger partial charge in [-0.1, -0.05) is 47.9 Å². The fourth-order valence-corrected chi connectivity index (χ4v) is 4.42. The Morgan fingerprint density at radius 1 is 0.964 bits per heavy atom. The normalized spacial score (nSPS) is 19.4. The molecule has 0 aliphatic carbocycles. The molecule has 2 aromatic heterocycles. The summed E-state index contributed by atoms with van der Waals surface area (Å²) in [7, 11) is 0. The minimum absolute atomic E-state index is 0.0497. The number of imidazole rings is 1. The van der Waals surface area contributed by atoms with Gasteiger partial charge in [0.25, 0.3) is 5.65 Å². The van der Waals surface area contributed by atoms with Crippen molar-refractivity contribution in [3.8, 4) is 11.3 Å². The van der Waals surface area contributed by atoms with E-state index in [-0.39, 0.29) is 87.5 Å². The molecule has 0 saturated carbocycles. The average Bonchev–Trinajstić information content (AvgIpc) is 3.41. The smallest absolute Gasteiger partial charge is 0.222 e. The van der Waals surface area contributed by atoms with Crippen LogP contribution in [-0.4, -0.2) is 4.40 Å². The standard InChI is InChI=1S/C26H23N2/c1-15-11-12-22-21(13-15)20-10-6-9-19-14-27-18(4)25(28(22)26(27)24(19)20)23-16(2)7-5-8-17(23)3/h5-13H,14H2,1-4H3/q+1/i2D3,5D,6D,7D,8D,9D,10D,11D,12D,13D. The summed E-state index contributed by atoms with van der Waals surface area (Å²) in [5.41, 5.74) is 1.72. The highest BCUT2D eigenvalue weighted by molar-refractivity contribution is 6.13. The molecule has 0 spiro atoms. The van der Waals surface area contributed by atoms with Gasteiger partial charge in [0.2, 0.25) is 0 Å². The van der Waals surface area contributed by atoms with Crippen LogP contribution in [0.3, 0.4) is 0 Å². The Labute approximate surface area is 181 Å². The van der Waals surface area contributed by atoms with Crippen LogP contribution in [0.25, 0.3) is 38.6 Å². The zero-order valence-corrected chi connectivity index (χ0v) is 15.6. The van der Waals surface area contributed by atoms with Gasteiger partial charge in [0.1, 0.15) is 17.8 Å². The third-order valence-electron chi connectivity index (χ3n) is 5.62. The summed E-state index contributed by atoms with van der Waals surface area (Å²) >= 11 is 0. The Bertz CT molecular complexity index is 2040. The number of fused-ring (bicyclic) bond motifs is 3. The van der Waals surface area contributed by atoms with Gasteiger partial charge in [0.15, 0.2) is 5.69 Å². The van der Waals surface area contributed by atoms with E-state index in [4.69, 9.17) is 16.4 Å². The molecule has 3 aromatic carbocycles. The summed E-state index contributed by atoms with van der Waals surface area (Å²) in [5, 5.41) is 0.820. The largest absolute Gasteiger partial charge is 0.296 e. The molecule has 2 heteroatoms. The molecule has 0 saturated heterocycles. The summed E-state index contributed by atoms with van der Waals surface area (Å²) in [6, 6.07) is -2.70. The average molecular weight is 376 g/mol. The highest BCUT2D eigenvalue weighted by atomic mass is 15.2. The van der Waals surface area contributed by atoms with E-state index in [1.807, 2.05) is 0 Å². The Hall–Kier alpha value is -3.13. The molecule has 1 aliphatic heterocycles. The van der Waals surface area contributed by atoms with E-state index in [2.05, 4.69) is 0 Å². The first-order valence-corrected chi connectivity index (χ1v) is 9.04. The van der Waals surface area contributed by atoms with Gasteiger partial charge in [-0.25, -0.2) is 4.57 Å². The number of rotatable bonds is 1. The lowest BCUT2D eigenvalue weighted by Gasteiger charge is -2.10. The molecule has 3 heterocycles. The van der Waals surface area contributed by atoms with Gasteiger partial charge in [0, 0.05) is 32.9 Å². The first kappa shape index (κ1) is 8.08. The van der Waals surface area contributed by atoms with Crippen molar-refractivity contribution in [1.29, 1.82) is 0 Å². The van der Waals surface area contributed by atoms with Crippen LogP contribution in [0.4, 0.5) is 0 Å². The van der Waals surface area contributed by atoms with Crippen LogP contribution in [-0.2, 0) is 6.54 Å². The van der Waals surface area contributed by atoms with E-state index < -0.39 is 24.5 Å². The Kier molecular flexibility index (Phi) is 1.51. The fraction of sp³-hybridized carbons (Fsp3) is 0.192. The Morgan fingerprint density at radius 2 is 1.79 bits per heavy atom. The molecular weight excluding hydrogens is 340 g/mol. The van der Waals surface area contributed by atoms with E-state index in [9.17, 15) is 0 Å². The summed E-state index contributed by atoms with van der Waals surface area (Å²) in [6.45, 7) is 2.06. The van der Waals surface area contributed by atoms with Crippen LogP contribution in [0.5, 0.6) is 0 Å². The van der Waals surface area contributed by atoms with E-state index in [0.29, 0.717) is 22.3 Å². The summed E-state index contributed by atoms with van der Waals surface area (Å²) in [4.78, 5) is 0. The topological polar surface area (TPSA) is 8.29 Å². The van der Waals surface area contributed by atoms with Crippen LogP contribution < -0.4 is 4.57 Å². The predicted molar refractivity (Wildman–Crippen MR) is 116 cm³/mol. The number of aromatic nitrogens is 2. The van der Waals surface area contributed by atoms with Gasteiger partial charge in [-0.15, -0.1) is 0 Å². The van der Waals surface area contributed by atoms with Gasteiger partial charge in [-0.2, -0.15) is 4.40 Å². The van der Waals surface area contributed by atoms with Crippen molar-refractivity contribution < 1.29 is 21.0 Å². The molecule has 0 radical (unpaired) electrons. The molecule has 1 aliphatic rings. The number of hydrogen-bond donors (Lipinski definition) is 0. The quantitative estimate of drug-likeness (QED) is 0.254. The van der Waals surface area contributed by atoms with Crippen LogP contribution in [0, 0.1) is 27.6 Å². The van der Waals surface area contributed by atoms with Gasteiger partial charge in [-0.05, 0) is 43.9 Å². The maximum absolute atomic E-state index is 8.99. The van der Waals surface area contributed by atoms with Crippen molar-refractivity contribution in [2.75, 3.05) is 0 Å². The van der Waals surface area contributed by atoms with Crippen molar-refractivity contribution in [3.63, 3.8) is 0 Å². The number of hydrogen-bond acceptors (Lipinski definition) is 0. The van der Waals surface area contributed by atoms with Crippen LogP contribution in [0.2, 0.25) is 0 Å². The third-order valence-corrected chi connectivity index (χ3v) is 5.62. The molecule has 0 fully saturated rings. The van der Waals surface area contributed by atoms with Crippen LogP contribution >= 0.6 is 0 Å². The molecule has 5 aromatic rings. The zero-order chi connectivity index (χ0) is 29.5. The molecule has 0 bridgehead atoms. The molecule has 28 heavy (non-hydrogen) atoms. The van der Waals surface area contributed by atoms with Crippen molar-refractivity contribution in [2.45, 2.75) is 34.2 Å². The number of nitrogens with zero attached hydrogens (tertiary/aromatic N) is 2. The van der Waals surface area contributed by atoms with Crippen LogP contribution in [0.1, 0.15) is 44.4 Å². The molecular formula is C26H23N2+. The zero-order valence-electron chi connectivity index (χ0n) is 27.6. The lowest BCUT2D eigenvalue weighted by atomic mass is 9.97. The molecule has 6 rings (SSSR count). The van der Waals surface area contributed by atoms with Crippen LogP contribution in [0.15, 0.2) is 54.4 Å². The van der Waals surface area contributed by atoms with Crippen molar-refractivity contribution in [2.24, 2.45) is 0 Å². The summed E-state index contributed by atoms with van der Waals surface area (Å²) in [6.07, 6.45) is 0. The maximum Gasteiger partial charge on any atom is 0.296 e. The highest BCUT2D eigenvalue weighted by Crippen LogP contribution is 2.39. The second kappa shape index (κ2) is 5.23. The number of benzene rings is 3. The lowest BCUT2D eigenvalue weighted by Crippen LogP contribution is -2.32. The van der Waals surface area contributed by atoms with E-state index in [1.54, 1.807) is 15.9 Å². The van der Waals surface area contributed by atoms with Crippen molar-refractivity contribution >= 4 is 27.3 Å². The molecule has 0 N–H and O–H groups in total. The van der Waals surface area contributed by atoms with Crippen molar-refractivity contribution in [1.82, 2.24) is 4.40 Å². The lowest BCUT2D eigenvalue weighted by molar-refractivity contribution is -0.663. The monoisotopic (exact) mass is 375 g/mol. The SMILES string of the molecule is [2H]c1c([2H])c(C)c(-c2c(C)[n+]3c4c5c(c([2H])c([2H])c([2H])c5c5c([2H])c(C)c([2H])c([2H])c5n24)C3)c(C([2H])([2H])[2H])c1[2H]. The van der Waals surface area contributed by atoms with Gasteiger partial charge >= 0.3 is 0 Å². The first-order chi connectivity index (χ1) is 18.5. The summed E-state index contributed by atoms with van der Waals surface area (Å²) in [5.74, 6) is 0. The second-order valence-corrected chi connectivity index (χ2v) is 7.26. The Balaban J connectivity index is 2.04. The molecule has 136 valence electrons. The minimum atomic E-state index is -2.83. The van der Waals surface area contributed by atoms with Crippen molar-refractivity contribution in [3.05, 3.63) is 82.3 Å². The first-order valence-electron chi connectivity index (χ1n) is 15.0. The molecule has 0 unspecified atom stereocenters.